The molecule has 324 valence electrons. The van der Waals surface area contributed by atoms with Crippen molar-refractivity contribution >= 4 is 17.9 Å². The first-order valence-corrected chi connectivity index (χ1v) is 22.9. The molecular weight excluding hydrogens is 695 g/mol. The minimum Gasteiger partial charge on any atom is -0.477 e. The highest BCUT2D eigenvalue weighted by molar-refractivity contribution is 5.71. The van der Waals surface area contributed by atoms with Crippen molar-refractivity contribution in [2.24, 2.45) is 0 Å². The molecule has 1 N–H and O–H groups in total. The third kappa shape index (κ3) is 40.0. The highest BCUT2D eigenvalue weighted by Gasteiger charge is 2.25. The van der Waals surface area contributed by atoms with Gasteiger partial charge in [-0.1, -0.05) is 167 Å². The normalized spacial score (nSPS) is 13.0. The lowest BCUT2D eigenvalue weighted by molar-refractivity contribution is -0.870. The van der Waals surface area contributed by atoms with Gasteiger partial charge in [0, 0.05) is 12.8 Å². The molecule has 0 aliphatic rings. The molecule has 0 aliphatic heterocycles. The number of allylic oxidation sites excluding steroid dienone is 2. The van der Waals surface area contributed by atoms with Crippen molar-refractivity contribution in [3.05, 3.63) is 12.2 Å². The maximum absolute atomic E-state index is 12.7. The molecule has 0 amide bonds. The Morgan fingerprint density at radius 3 is 1.35 bits per heavy atom. The predicted octanol–water partition coefficient (Wildman–Crippen LogP) is 11.9. The van der Waals surface area contributed by atoms with E-state index in [1.807, 2.05) is 21.1 Å². The second kappa shape index (κ2) is 38.9. The summed E-state index contributed by atoms with van der Waals surface area (Å²) >= 11 is 0. The van der Waals surface area contributed by atoms with Crippen molar-refractivity contribution in [2.45, 2.75) is 219 Å². The zero-order valence-corrected chi connectivity index (χ0v) is 36.6. The summed E-state index contributed by atoms with van der Waals surface area (Å²) in [6.45, 7) is 4.83. The lowest BCUT2D eigenvalue weighted by Gasteiger charge is -2.25. The highest BCUT2D eigenvalue weighted by atomic mass is 16.7. The summed E-state index contributed by atoms with van der Waals surface area (Å²) in [4.78, 5) is 36.9. The highest BCUT2D eigenvalue weighted by Crippen LogP contribution is 2.15. The van der Waals surface area contributed by atoms with E-state index >= 15 is 0 Å². The van der Waals surface area contributed by atoms with Crippen LogP contribution in [0.5, 0.6) is 0 Å². The summed E-state index contributed by atoms with van der Waals surface area (Å²) in [6.07, 6.45) is 37.3. The van der Waals surface area contributed by atoms with Crippen LogP contribution in [-0.4, -0.2) is 87.4 Å². The molecule has 9 nitrogen and oxygen atoms in total. The number of rotatable bonds is 42. The summed E-state index contributed by atoms with van der Waals surface area (Å²) in [5.74, 6) is -2.01. The number of carboxylic acids is 1. The van der Waals surface area contributed by atoms with Crippen molar-refractivity contribution in [3.8, 4) is 0 Å². The van der Waals surface area contributed by atoms with Crippen molar-refractivity contribution in [2.75, 3.05) is 47.5 Å². The summed E-state index contributed by atoms with van der Waals surface area (Å²) in [6, 6.07) is 0. The molecule has 0 aromatic rings. The Hall–Kier alpha value is -1.97. The molecule has 0 saturated heterocycles. The van der Waals surface area contributed by atoms with E-state index in [0.29, 0.717) is 17.4 Å². The van der Waals surface area contributed by atoms with Gasteiger partial charge in [-0.05, 0) is 38.5 Å². The molecule has 0 spiro atoms. The van der Waals surface area contributed by atoms with Gasteiger partial charge in [0.15, 0.2) is 6.10 Å². The summed E-state index contributed by atoms with van der Waals surface area (Å²) in [5.41, 5.74) is 0. The van der Waals surface area contributed by atoms with Gasteiger partial charge in [-0.2, -0.15) is 0 Å². The number of carbonyl (C=O) groups is 3. The van der Waals surface area contributed by atoms with Gasteiger partial charge in [0.25, 0.3) is 6.29 Å². The third-order valence-corrected chi connectivity index (χ3v) is 10.0. The molecule has 0 heterocycles. The Kier molecular flexibility index (Phi) is 37.5. The van der Waals surface area contributed by atoms with Gasteiger partial charge in [0.1, 0.15) is 13.2 Å². The van der Waals surface area contributed by atoms with Crippen molar-refractivity contribution in [1.82, 2.24) is 0 Å². The number of carboxylic acid groups (broad SMARTS) is 1. The third-order valence-electron chi connectivity index (χ3n) is 10.0. The average molecular weight is 783 g/mol. The molecule has 0 bridgehead atoms. The minimum atomic E-state index is -1.50. The number of aliphatic carboxylic acids is 1. The number of unbranched alkanes of at least 4 members (excludes halogenated alkanes) is 25. The van der Waals surface area contributed by atoms with Crippen LogP contribution < -0.4 is 0 Å². The van der Waals surface area contributed by atoms with Gasteiger partial charge in [-0.3, -0.25) is 9.59 Å². The summed E-state index contributed by atoms with van der Waals surface area (Å²) in [7, 11) is 5.95. The molecule has 55 heavy (non-hydrogen) atoms. The molecular formula is C46H88NO8+. The van der Waals surface area contributed by atoms with Crippen LogP contribution in [0.25, 0.3) is 0 Å². The maximum atomic E-state index is 12.7. The van der Waals surface area contributed by atoms with Gasteiger partial charge in [0.2, 0.25) is 0 Å². The molecule has 0 aliphatic carbocycles. The number of esters is 2. The van der Waals surface area contributed by atoms with Crippen LogP contribution in [0.2, 0.25) is 0 Å². The van der Waals surface area contributed by atoms with Gasteiger partial charge < -0.3 is 28.5 Å². The first-order chi connectivity index (χ1) is 26.6. The van der Waals surface area contributed by atoms with Gasteiger partial charge in [0.05, 0.1) is 34.4 Å². The van der Waals surface area contributed by atoms with Gasteiger partial charge >= 0.3 is 17.9 Å². The molecule has 0 radical (unpaired) electrons. The Morgan fingerprint density at radius 1 is 0.527 bits per heavy atom. The fourth-order valence-corrected chi connectivity index (χ4v) is 6.42. The fraction of sp³-hybridized carbons (Fsp3) is 0.891. The first kappa shape index (κ1) is 53.0. The Balaban J connectivity index is 4.20. The number of ether oxygens (including phenoxy) is 4. The summed E-state index contributed by atoms with van der Waals surface area (Å²) in [5, 5.41) is 9.60. The van der Waals surface area contributed by atoms with E-state index in [1.165, 1.54) is 141 Å². The molecule has 0 fully saturated rings. The van der Waals surface area contributed by atoms with Crippen LogP contribution in [0.1, 0.15) is 206 Å². The quantitative estimate of drug-likeness (QED) is 0.0214. The predicted molar refractivity (Wildman–Crippen MR) is 226 cm³/mol. The molecule has 0 aromatic carbocycles. The van der Waals surface area contributed by atoms with Crippen molar-refractivity contribution in [1.29, 1.82) is 0 Å². The minimum absolute atomic E-state index is 0.178. The van der Waals surface area contributed by atoms with Crippen LogP contribution in [-0.2, 0) is 33.3 Å². The first-order valence-electron chi connectivity index (χ1n) is 22.9. The van der Waals surface area contributed by atoms with Crippen LogP contribution in [0, 0.1) is 0 Å². The molecule has 9 heteroatoms. The molecule has 0 rings (SSSR count). The van der Waals surface area contributed by atoms with E-state index in [1.54, 1.807) is 0 Å². The fourth-order valence-electron chi connectivity index (χ4n) is 6.42. The largest absolute Gasteiger partial charge is 0.477 e. The summed E-state index contributed by atoms with van der Waals surface area (Å²) < 4.78 is 22.6. The monoisotopic (exact) mass is 783 g/mol. The topological polar surface area (TPSA) is 108 Å². The Bertz CT molecular complexity index is 918. The number of hydrogen-bond donors (Lipinski definition) is 1. The number of quaternary nitrogens is 1. The molecule has 0 saturated carbocycles. The lowest BCUT2D eigenvalue weighted by Crippen LogP contribution is -2.40. The second-order valence-electron chi connectivity index (χ2n) is 16.7. The van der Waals surface area contributed by atoms with Crippen LogP contribution in [0.4, 0.5) is 0 Å². The average Bonchev–Trinajstić information content (AvgIpc) is 3.14. The van der Waals surface area contributed by atoms with Gasteiger partial charge in [-0.15, -0.1) is 0 Å². The van der Waals surface area contributed by atoms with E-state index < -0.39 is 24.3 Å². The maximum Gasteiger partial charge on any atom is 0.361 e. The number of carbonyl (C=O) groups excluding carboxylic acids is 2. The zero-order chi connectivity index (χ0) is 40.7. The number of nitrogens with zero attached hydrogens (tertiary/aromatic N) is 1. The van der Waals surface area contributed by atoms with E-state index in [9.17, 15) is 19.5 Å². The van der Waals surface area contributed by atoms with Crippen LogP contribution in [0.3, 0.4) is 0 Å². The smallest absolute Gasteiger partial charge is 0.361 e. The number of hydrogen-bond acceptors (Lipinski definition) is 7. The van der Waals surface area contributed by atoms with E-state index in [-0.39, 0.29) is 32.2 Å². The second-order valence-corrected chi connectivity index (χ2v) is 16.7. The van der Waals surface area contributed by atoms with Gasteiger partial charge in [-0.25, -0.2) is 4.79 Å². The lowest BCUT2D eigenvalue weighted by atomic mass is 10.0. The van der Waals surface area contributed by atoms with Crippen LogP contribution >= 0.6 is 0 Å². The van der Waals surface area contributed by atoms with Crippen molar-refractivity contribution in [3.63, 3.8) is 0 Å². The van der Waals surface area contributed by atoms with E-state index in [4.69, 9.17) is 18.9 Å². The molecule has 2 atom stereocenters. The Morgan fingerprint density at radius 2 is 0.927 bits per heavy atom. The standard InChI is InChI=1S/C46H87NO8/c1-6-8-10-12-14-15-16-17-18-19-20-21-22-23-24-25-26-27-28-29-31-33-35-37-44(49)55-42(40-53-43(48)36-34-32-30-13-11-9-7-2)41-54-46(45(50)51)52-39-38-47(3,4)5/h19-20,42,46H,6-18,21-41H2,1-5H3/p+1/b20-19-. The Labute approximate surface area is 338 Å². The van der Waals surface area contributed by atoms with E-state index in [0.717, 1.165) is 38.5 Å². The molecule has 2 unspecified atom stereocenters. The van der Waals surface area contributed by atoms with Crippen LogP contribution in [0.15, 0.2) is 12.2 Å². The SMILES string of the molecule is CCCCCCCCCC/C=C\CCCCCCCCCCCCCC(=O)OC(COC(=O)CCCCCCCCC)COC(OCC[N+](C)(C)C)C(=O)O. The zero-order valence-electron chi connectivity index (χ0n) is 36.6. The number of likely N-dealkylation sites (N-methyl/N-ethyl adjacent to an activating group) is 1. The van der Waals surface area contributed by atoms with Crippen molar-refractivity contribution < 1.29 is 42.9 Å². The van der Waals surface area contributed by atoms with E-state index in [2.05, 4.69) is 26.0 Å². The molecule has 0 aromatic heterocycles.